The Morgan fingerprint density at radius 3 is 2.69 bits per heavy atom. The van der Waals surface area contributed by atoms with Crippen LogP contribution in [0.1, 0.15) is 43.4 Å². The molecule has 0 aromatic heterocycles. The van der Waals surface area contributed by atoms with E-state index in [0.717, 1.165) is 19.3 Å². The minimum atomic E-state index is -0.161. The number of rotatable bonds is 3. The normalized spacial score (nSPS) is 26.9. The molecule has 0 heterocycles. The fraction of sp³-hybridized carbons (Fsp3) is 0.571. The number of aliphatic hydroxyl groups excluding tert-OH is 1. The van der Waals surface area contributed by atoms with Crippen molar-refractivity contribution in [3.8, 4) is 0 Å². The number of benzene rings is 1. The van der Waals surface area contributed by atoms with Gasteiger partial charge in [-0.25, -0.2) is 0 Å². The molecule has 1 fully saturated rings. The van der Waals surface area contributed by atoms with Gasteiger partial charge in [-0.3, -0.25) is 0 Å². The summed E-state index contributed by atoms with van der Waals surface area (Å²) in [7, 11) is 0. The monoisotopic (exact) mass is 219 g/mol. The molecule has 1 aromatic rings. The van der Waals surface area contributed by atoms with Crippen LogP contribution < -0.4 is 5.32 Å². The van der Waals surface area contributed by atoms with Gasteiger partial charge in [-0.05, 0) is 44.2 Å². The van der Waals surface area contributed by atoms with Crippen LogP contribution in [0.2, 0.25) is 0 Å². The fourth-order valence-corrected chi connectivity index (χ4v) is 2.62. The summed E-state index contributed by atoms with van der Waals surface area (Å²) < 4.78 is 0. The number of aliphatic hydroxyl groups is 1. The summed E-state index contributed by atoms with van der Waals surface area (Å²) in [5, 5.41) is 13.3. The summed E-state index contributed by atoms with van der Waals surface area (Å²) in [5.74, 6) is 0. The van der Waals surface area contributed by atoms with Gasteiger partial charge in [-0.2, -0.15) is 0 Å². The Bertz CT molecular complexity index is 350. The van der Waals surface area contributed by atoms with Gasteiger partial charge in [0, 0.05) is 12.1 Å². The van der Waals surface area contributed by atoms with E-state index < -0.39 is 0 Å². The maximum absolute atomic E-state index is 9.79. The zero-order chi connectivity index (χ0) is 11.5. The van der Waals surface area contributed by atoms with Gasteiger partial charge in [0.15, 0.2) is 0 Å². The molecule has 0 spiro atoms. The minimum Gasteiger partial charge on any atom is -0.392 e. The Morgan fingerprint density at radius 2 is 2.06 bits per heavy atom. The minimum absolute atomic E-state index is 0.161. The first kappa shape index (κ1) is 11.6. The molecular weight excluding hydrogens is 198 g/mol. The van der Waals surface area contributed by atoms with Crippen LogP contribution in [0.5, 0.6) is 0 Å². The average Bonchev–Trinajstić information content (AvgIpc) is 2.65. The van der Waals surface area contributed by atoms with E-state index in [1.807, 2.05) is 0 Å². The lowest BCUT2D eigenvalue weighted by atomic mass is 10.0. The molecule has 0 unspecified atom stereocenters. The molecule has 0 amide bonds. The first-order valence-corrected chi connectivity index (χ1v) is 6.18. The lowest BCUT2D eigenvalue weighted by molar-refractivity contribution is 0.144. The molecule has 3 atom stereocenters. The van der Waals surface area contributed by atoms with Gasteiger partial charge in [0.2, 0.25) is 0 Å². The van der Waals surface area contributed by atoms with Crippen LogP contribution in [0, 0.1) is 6.92 Å². The van der Waals surface area contributed by atoms with Crippen molar-refractivity contribution in [2.24, 2.45) is 0 Å². The molecule has 1 aliphatic carbocycles. The zero-order valence-electron chi connectivity index (χ0n) is 10.1. The lowest BCUT2D eigenvalue weighted by Gasteiger charge is -2.23. The maximum atomic E-state index is 9.79. The molecular formula is C14H21NO. The second-order valence-electron chi connectivity index (χ2n) is 4.85. The Kier molecular flexibility index (Phi) is 3.62. The summed E-state index contributed by atoms with van der Waals surface area (Å²) in [4.78, 5) is 0. The summed E-state index contributed by atoms with van der Waals surface area (Å²) in [6.45, 7) is 4.31. The van der Waals surface area contributed by atoms with Crippen LogP contribution in [0.3, 0.4) is 0 Å². The molecule has 88 valence electrons. The third-order valence-electron chi connectivity index (χ3n) is 3.60. The van der Waals surface area contributed by atoms with Crippen LogP contribution in [-0.4, -0.2) is 17.3 Å². The van der Waals surface area contributed by atoms with Gasteiger partial charge in [-0.15, -0.1) is 0 Å². The van der Waals surface area contributed by atoms with Crippen molar-refractivity contribution in [2.45, 2.75) is 51.3 Å². The van der Waals surface area contributed by atoms with E-state index in [4.69, 9.17) is 0 Å². The van der Waals surface area contributed by atoms with Crippen LogP contribution in [0.25, 0.3) is 0 Å². The second-order valence-corrected chi connectivity index (χ2v) is 4.85. The first-order chi connectivity index (χ1) is 7.68. The molecule has 0 saturated heterocycles. The Labute approximate surface area is 97.7 Å². The van der Waals surface area contributed by atoms with E-state index >= 15 is 0 Å². The van der Waals surface area contributed by atoms with Crippen LogP contribution in [-0.2, 0) is 0 Å². The van der Waals surface area contributed by atoms with E-state index in [2.05, 4.69) is 43.4 Å². The van der Waals surface area contributed by atoms with Crippen molar-refractivity contribution in [3.05, 3.63) is 35.4 Å². The summed E-state index contributed by atoms with van der Waals surface area (Å²) in [6, 6.07) is 9.03. The van der Waals surface area contributed by atoms with E-state index in [0.29, 0.717) is 6.04 Å². The van der Waals surface area contributed by atoms with Crippen LogP contribution >= 0.6 is 0 Å². The predicted octanol–water partition coefficient (Wildman–Crippen LogP) is 2.56. The largest absolute Gasteiger partial charge is 0.392 e. The summed E-state index contributed by atoms with van der Waals surface area (Å²) in [6.07, 6.45) is 3.01. The maximum Gasteiger partial charge on any atom is 0.0693 e. The van der Waals surface area contributed by atoms with Gasteiger partial charge < -0.3 is 10.4 Å². The van der Waals surface area contributed by atoms with Gasteiger partial charge in [0.1, 0.15) is 0 Å². The SMILES string of the molecule is Cc1ccccc1[C@@H](C)N[C@@H]1CCC[C@H]1O. The lowest BCUT2D eigenvalue weighted by Crippen LogP contribution is -2.37. The first-order valence-electron chi connectivity index (χ1n) is 6.18. The third kappa shape index (κ3) is 2.45. The van der Waals surface area contributed by atoms with Crippen molar-refractivity contribution in [2.75, 3.05) is 0 Å². The number of hydrogen-bond donors (Lipinski definition) is 2. The molecule has 2 rings (SSSR count). The topological polar surface area (TPSA) is 32.3 Å². The van der Waals surface area contributed by atoms with Crippen molar-refractivity contribution in [3.63, 3.8) is 0 Å². The summed E-state index contributed by atoms with van der Waals surface area (Å²) in [5.41, 5.74) is 2.65. The average molecular weight is 219 g/mol. The fourth-order valence-electron chi connectivity index (χ4n) is 2.62. The molecule has 16 heavy (non-hydrogen) atoms. The van der Waals surface area contributed by atoms with Crippen molar-refractivity contribution in [1.29, 1.82) is 0 Å². The van der Waals surface area contributed by atoms with Crippen molar-refractivity contribution >= 4 is 0 Å². The van der Waals surface area contributed by atoms with Crippen LogP contribution in [0.15, 0.2) is 24.3 Å². The molecule has 1 aliphatic rings. The van der Waals surface area contributed by atoms with Crippen LogP contribution in [0.4, 0.5) is 0 Å². The standard InChI is InChI=1S/C14H21NO/c1-10-6-3-4-7-12(10)11(2)15-13-8-5-9-14(13)16/h3-4,6-7,11,13-16H,5,8-9H2,1-2H3/t11-,13-,14-/m1/s1. The highest BCUT2D eigenvalue weighted by molar-refractivity contribution is 5.28. The quantitative estimate of drug-likeness (QED) is 0.819. The molecule has 2 N–H and O–H groups in total. The number of nitrogens with one attached hydrogen (secondary N) is 1. The van der Waals surface area contributed by atoms with Gasteiger partial charge in [0.25, 0.3) is 0 Å². The molecule has 0 radical (unpaired) electrons. The highest BCUT2D eigenvalue weighted by Gasteiger charge is 2.26. The zero-order valence-corrected chi connectivity index (χ0v) is 10.1. The third-order valence-corrected chi connectivity index (χ3v) is 3.60. The van der Waals surface area contributed by atoms with E-state index in [9.17, 15) is 5.11 Å². The van der Waals surface area contributed by atoms with Crippen molar-refractivity contribution < 1.29 is 5.11 Å². The van der Waals surface area contributed by atoms with E-state index in [1.54, 1.807) is 0 Å². The highest BCUT2D eigenvalue weighted by Crippen LogP contribution is 2.23. The molecule has 0 bridgehead atoms. The number of aryl methyl sites for hydroxylation is 1. The van der Waals surface area contributed by atoms with Gasteiger partial charge in [0.05, 0.1) is 6.10 Å². The molecule has 1 aromatic carbocycles. The van der Waals surface area contributed by atoms with E-state index in [1.165, 1.54) is 11.1 Å². The second kappa shape index (κ2) is 4.98. The smallest absolute Gasteiger partial charge is 0.0693 e. The van der Waals surface area contributed by atoms with Gasteiger partial charge in [-0.1, -0.05) is 24.3 Å². The summed E-state index contributed by atoms with van der Waals surface area (Å²) >= 11 is 0. The molecule has 2 heteroatoms. The van der Waals surface area contributed by atoms with E-state index in [-0.39, 0.29) is 12.1 Å². The Hall–Kier alpha value is -0.860. The Morgan fingerprint density at radius 1 is 1.31 bits per heavy atom. The highest BCUT2D eigenvalue weighted by atomic mass is 16.3. The molecule has 1 saturated carbocycles. The molecule has 2 nitrogen and oxygen atoms in total. The predicted molar refractivity (Wildman–Crippen MR) is 66.4 cm³/mol. The molecule has 0 aliphatic heterocycles. The Balaban J connectivity index is 2.03. The van der Waals surface area contributed by atoms with Gasteiger partial charge >= 0.3 is 0 Å². The number of hydrogen-bond acceptors (Lipinski definition) is 2. The van der Waals surface area contributed by atoms with Crippen molar-refractivity contribution in [1.82, 2.24) is 5.32 Å².